The fraction of sp³-hybridized carbons (Fsp3) is 0.886. The number of esters is 4. The van der Waals surface area contributed by atoms with Crippen LogP contribution in [0.25, 0.3) is 0 Å². The number of carbonyl (C=O) groups excluding carboxylic acids is 4. The molecule has 17 nitrogen and oxygen atoms in total. The van der Waals surface area contributed by atoms with E-state index in [0.29, 0.717) is 31.6 Å². The fourth-order valence-corrected chi connectivity index (χ4v) is 11.6. The van der Waals surface area contributed by atoms with E-state index in [1.165, 1.54) is 116 Å². The first-order valence-corrected chi connectivity index (χ1v) is 38.8. The summed E-state index contributed by atoms with van der Waals surface area (Å²) >= 11 is 0. The van der Waals surface area contributed by atoms with Gasteiger partial charge in [0.1, 0.15) is 19.3 Å². The molecule has 0 aliphatic heterocycles. The highest BCUT2D eigenvalue weighted by Gasteiger charge is 2.30. The van der Waals surface area contributed by atoms with E-state index in [1.54, 1.807) is 0 Å². The Morgan fingerprint density at radius 1 is 0.348 bits per heavy atom. The normalized spacial score (nSPS) is 14.3. The number of hydrogen-bond acceptors (Lipinski definition) is 15. The molecule has 0 amide bonds. The molecule has 0 aromatic rings. The molecule has 0 fully saturated rings. The number of ether oxygens (including phenoxy) is 4. The summed E-state index contributed by atoms with van der Waals surface area (Å²) in [6.07, 6.45) is 49.6. The SMILES string of the molecule is CCCCCC/C=C\C=C/CCCCCCCC(=O)OC[C@H](COP(=O)(O)OC[C@@H](O)COP(=O)(O)OC[C@@H](COC(=O)CCCCCCCCC)OC(=O)CCCCCCCCCC(C)C)OC(=O)CCCCCCCCCCCCCCCCC(C)C. The highest BCUT2D eigenvalue weighted by atomic mass is 31.2. The summed E-state index contributed by atoms with van der Waals surface area (Å²) in [6.45, 7) is 9.39. The lowest BCUT2D eigenvalue weighted by atomic mass is 10.0. The number of carbonyl (C=O) groups is 4. The number of aliphatic hydroxyl groups excluding tert-OH is 1. The molecular weight excluding hydrogens is 1170 g/mol. The zero-order valence-corrected chi connectivity index (χ0v) is 59.0. The molecule has 0 saturated carbocycles. The van der Waals surface area contributed by atoms with E-state index < -0.39 is 97.5 Å². The second-order valence-electron chi connectivity index (χ2n) is 25.5. The zero-order valence-electron chi connectivity index (χ0n) is 57.2. The predicted octanol–water partition coefficient (Wildman–Crippen LogP) is 19.5. The Labute approximate surface area is 542 Å². The number of hydrogen-bond donors (Lipinski definition) is 3. The second kappa shape index (κ2) is 61.7. The molecule has 0 aliphatic carbocycles. The van der Waals surface area contributed by atoms with Crippen LogP contribution in [0.4, 0.5) is 0 Å². The Hall–Kier alpha value is -2.46. The average molecular weight is 1310 g/mol. The van der Waals surface area contributed by atoms with E-state index >= 15 is 0 Å². The minimum absolute atomic E-state index is 0.100. The van der Waals surface area contributed by atoms with Gasteiger partial charge in [-0.25, -0.2) is 9.13 Å². The van der Waals surface area contributed by atoms with Crippen molar-refractivity contribution in [1.29, 1.82) is 0 Å². The van der Waals surface area contributed by atoms with Gasteiger partial charge in [0.25, 0.3) is 0 Å². The summed E-state index contributed by atoms with van der Waals surface area (Å²) in [7, 11) is -9.91. The van der Waals surface area contributed by atoms with Gasteiger partial charge < -0.3 is 33.8 Å². The van der Waals surface area contributed by atoms with Crippen molar-refractivity contribution in [3.8, 4) is 0 Å². The highest BCUT2D eigenvalue weighted by molar-refractivity contribution is 7.47. The van der Waals surface area contributed by atoms with Crippen LogP contribution in [0.5, 0.6) is 0 Å². The Kier molecular flexibility index (Phi) is 60.0. The first kappa shape index (κ1) is 86.5. The maximum Gasteiger partial charge on any atom is 0.472 e. The number of allylic oxidation sites excluding steroid dienone is 4. The van der Waals surface area contributed by atoms with Crippen LogP contribution in [0.15, 0.2) is 24.3 Å². The number of phosphoric ester groups is 2. The van der Waals surface area contributed by atoms with Crippen molar-refractivity contribution in [1.82, 2.24) is 0 Å². The largest absolute Gasteiger partial charge is 0.472 e. The third kappa shape index (κ3) is 64.1. The average Bonchev–Trinajstić information content (AvgIpc) is 3.64. The minimum atomic E-state index is -4.96. The first-order valence-electron chi connectivity index (χ1n) is 35.8. The van der Waals surface area contributed by atoms with Gasteiger partial charge in [-0.1, -0.05) is 278 Å². The van der Waals surface area contributed by atoms with Crippen LogP contribution >= 0.6 is 15.6 Å². The molecule has 0 aromatic carbocycles. The molecule has 0 bridgehead atoms. The van der Waals surface area contributed by atoms with Gasteiger partial charge in [0.05, 0.1) is 26.4 Å². The highest BCUT2D eigenvalue weighted by Crippen LogP contribution is 2.45. The van der Waals surface area contributed by atoms with Crippen molar-refractivity contribution in [2.75, 3.05) is 39.6 Å². The molecule has 524 valence electrons. The van der Waals surface area contributed by atoms with E-state index in [2.05, 4.69) is 65.8 Å². The molecule has 2 unspecified atom stereocenters. The summed E-state index contributed by atoms with van der Waals surface area (Å²) in [5, 5.41) is 10.6. The summed E-state index contributed by atoms with van der Waals surface area (Å²) in [5.41, 5.74) is 0. The smallest absolute Gasteiger partial charge is 0.462 e. The van der Waals surface area contributed by atoms with Gasteiger partial charge in [-0.2, -0.15) is 0 Å². The van der Waals surface area contributed by atoms with E-state index in [9.17, 15) is 43.2 Å². The van der Waals surface area contributed by atoms with Crippen LogP contribution in [-0.4, -0.2) is 96.7 Å². The van der Waals surface area contributed by atoms with Crippen LogP contribution < -0.4 is 0 Å². The molecule has 0 rings (SSSR count). The monoisotopic (exact) mass is 1310 g/mol. The van der Waals surface area contributed by atoms with Crippen molar-refractivity contribution < 1.29 is 80.2 Å². The predicted molar refractivity (Wildman–Crippen MR) is 358 cm³/mol. The van der Waals surface area contributed by atoms with Crippen molar-refractivity contribution in [2.24, 2.45) is 11.8 Å². The molecule has 5 atom stereocenters. The van der Waals surface area contributed by atoms with E-state index in [4.69, 9.17) is 37.0 Å². The Balaban J connectivity index is 5.24. The van der Waals surface area contributed by atoms with Crippen LogP contribution in [0, 0.1) is 11.8 Å². The van der Waals surface area contributed by atoms with Crippen LogP contribution in [0.2, 0.25) is 0 Å². The zero-order chi connectivity index (χ0) is 65.7. The van der Waals surface area contributed by atoms with Gasteiger partial charge in [0.2, 0.25) is 0 Å². The van der Waals surface area contributed by atoms with E-state index in [1.807, 2.05) is 0 Å². The molecule has 19 heteroatoms. The third-order valence-electron chi connectivity index (χ3n) is 15.6. The van der Waals surface area contributed by atoms with Gasteiger partial charge in [0, 0.05) is 25.7 Å². The van der Waals surface area contributed by atoms with E-state index in [-0.39, 0.29) is 25.7 Å². The molecule has 0 aromatic heterocycles. The van der Waals surface area contributed by atoms with Crippen molar-refractivity contribution in [2.45, 2.75) is 349 Å². The molecule has 0 heterocycles. The van der Waals surface area contributed by atoms with Gasteiger partial charge >= 0.3 is 39.5 Å². The fourth-order valence-electron chi connectivity index (χ4n) is 10.1. The van der Waals surface area contributed by atoms with Crippen LogP contribution in [0.3, 0.4) is 0 Å². The number of phosphoric acid groups is 2. The van der Waals surface area contributed by atoms with Gasteiger partial charge in [-0.15, -0.1) is 0 Å². The maximum atomic E-state index is 13.0. The summed E-state index contributed by atoms with van der Waals surface area (Å²) in [4.78, 5) is 72.3. The number of unbranched alkanes of at least 4 members (excludes halogenated alkanes) is 34. The quantitative estimate of drug-likeness (QED) is 0.0169. The molecule has 0 radical (unpaired) electrons. The minimum Gasteiger partial charge on any atom is -0.462 e. The van der Waals surface area contributed by atoms with Crippen molar-refractivity contribution >= 4 is 39.5 Å². The lowest BCUT2D eigenvalue weighted by molar-refractivity contribution is -0.161. The lowest BCUT2D eigenvalue weighted by Crippen LogP contribution is -2.30. The van der Waals surface area contributed by atoms with Gasteiger partial charge in [-0.05, 0) is 63.2 Å². The van der Waals surface area contributed by atoms with Crippen LogP contribution in [-0.2, 0) is 65.4 Å². The maximum absolute atomic E-state index is 13.0. The summed E-state index contributed by atoms with van der Waals surface area (Å²) in [5.74, 6) is -0.674. The topological polar surface area (TPSA) is 237 Å². The summed E-state index contributed by atoms with van der Waals surface area (Å²) in [6, 6.07) is 0. The standard InChI is InChI=1S/C70H132O17P2/c1-7-9-11-13-15-16-17-18-19-23-26-29-35-41-47-53-68(73)81-59-66(86-69(74)54-48-42-36-30-27-24-21-20-22-25-28-33-38-44-50-62(3)4)61-85-89(78,79)83-57-64(71)56-82-88(76,77)84-60-65(58-80-67(72)52-46-40-32-14-12-10-8-2)87-70(75)55-49-43-37-31-34-39-45-51-63(5)6/h16-19,62-66,71H,7-15,20-61H2,1-6H3,(H,76,77)(H,78,79)/b17-16-,19-18-/t64-,65+,66+/m0/s1. The number of rotatable bonds is 67. The van der Waals surface area contributed by atoms with Gasteiger partial charge in [0.15, 0.2) is 12.2 Å². The third-order valence-corrected chi connectivity index (χ3v) is 17.5. The van der Waals surface area contributed by atoms with E-state index in [0.717, 1.165) is 128 Å². The number of aliphatic hydroxyl groups is 1. The first-order chi connectivity index (χ1) is 42.9. The lowest BCUT2D eigenvalue weighted by Gasteiger charge is -2.21. The second-order valence-corrected chi connectivity index (χ2v) is 28.4. The molecule has 0 aliphatic rings. The molecule has 3 N–H and O–H groups in total. The van der Waals surface area contributed by atoms with Crippen molar-refractivity contribution in [3.63, 3.8) is 0 Å². The van der Waals surface area contributed by atoms with Crippen LogP contribution in [0.1, 0.15) is 330 Å². The summed E-state index contributed by atoms with van der Waals surface area (Å²) < 4.78 is 68.1. The Bertz CT molecular complexity index is 1830. The molecular formula is C70H132O17P2. The molecule has 0 saturated heterocycles. The Morgan fingerprint density at radius 3 is 0.921 bits per heavy atom. The van der Waals surface area contributed by atoms with Gasteiger partial charge in [-0.3, -0.25) is 37.3 Å². The molecule has 0 spiro atoms. The Morgan fingerprint density at radius 2 is 0.607 bits per heavy atom. The molecule has 89 heavy (non-hydrogen) atoms. The van der Waals surface area contributed by atoms with Crippen molar-refractivity contribution in [3.05, 3.63) is 24.3 Å².